The molecule has 0 aliphatic carbocycles. The summed E-state index contributed by atoms with van der Waals surface area (Å²) in [5.74, 6) is -0.489. The van der Waals surface area contributed by atoms with Crippen molar-refractivity contribution in [3.63, 3.8) is 0 Å². The van der Waals surface area contributed by atoms with Gasteiger partial charge in [0.15, 0.2) is 0 Å². The summed E-state index contributed by atoms with van der Waals surface area (Å²) in [6.07, 6.45) is 0. The molecule has 0 radical (unpaired) electrons. The highest BCUT2D eigenvalue weighted by Gasteiger charge is 2.17. The van der Waals surface area contributed by atoms with Crippen LogP contribution in [0.1, 0.15) is 17.2 Å². The van der Waals surface area contributed by atoms with Gasteiger partial charge in [-0.2, -0.15) is 8.78 Å². The number of nitrogens with one attached hydrogen (secondary N) is 3. The lowest BCUT2D eigenvalue weighted by atomic mass is 9.98. The van der Waals surface area contributed by atoms with Crippen LogP contribution >= 0.6 is 0 Å². The summed E-state index contributed by atoms with van der Waals surface area (Å²) in [5.41, 5.74) is 1.54. The number of benzene rings is 2. The first-order valence-corrected chi connectivity index (χ1v) is 8.30. The molecule has 0 saturated carbocycles. The lowest BCUT2D eigenvalue weighted by Crippen LogP contribution is -2.40. The van der Waals surface area contributed by atoms with Crippen molar-refractivity contribution < 1.29 is 23.1 Å². The van der Waals surface area contributed by atoms with E-state index >= 15 is 0 Å². The SMILES string of the molecule is CNC(=O)CNCC(=O)N[C@@H](c1ccccc1)c1ccc(OC(F)F)cc1. The molecule has 0 fully saturated rings. The van der Waals surface area contributed by atoms with Crippen LogP contribution in [0, 0.1) is 0 Å². The van der Waals surface area contributed by atoms with Crippen LogP contribution in [0.4, 0.5) is 8.78 Å². The third-order valence-corrected chi connectivity index (χ3v) is 3.73. The summed E-state index contributed by atoms with van der Waals surface area (Å²) in [6.45, 7) is -2.91. The average Bonchev–Trinajstić information content (AvgIpc) is 2.67. The predicted octanol–water partition coefficient (Wildman–Crippen LogP) is 1.83. The fourth-order valence-electron chi connectivity index (χ4n) is 2.44. The molecule has 2 amide bonds. The number of likely N-dealkylation sites (N-methyl/N-ethyl adjacent to an activating group) is 1. The van der Waals surface area contributed by atoms with Crippen LogP contribution in [-0.4, -0.2) is 38.6 Å². The van der Waals surface area contributed by atoms with Crippen LogP contribution in [0.2, 0.25) is 0 Å². The normalized spacial score (nSPS) is 11.7. The van der Waals surface area contributed by atoms with Crippen LogP contribution in [0.5, 0.6) is 5.75 Å². The number of carbonyl (C=O) groups is 2. The van der Waals surface area contributed by atoms with Gasteiger partial charge in [0.25, 0.3) is 0 Å². The standard InChI is InChI=1S/C19H21F2N3O3/c1-22-16(25)11-23-12-17(26)24-18(13-5-3-2-4-6-13)14-7-9-15(10-8-14)27-19(20)21/h2-10,18-19,23H,11-12H2,1H3,(H,22,25)(H,24,26)/t18-/m0/s1. The van der Waals surface area contributed by atoms with Gasteiger partial charge in [-0.3, -0.25) is 14.9 Å². The third kappa shape index (κ3) is 6.67. The summed E-state index contributed by atoms with van der Waals surface area (Å²) in [4.78, 5) is 23.4. The van der Waals surface area contributed by atoms with Crippen molar-refractivity contribution in [1.29, 1.82) is 0 Å². The second-order valence-corrected chi connectivity index (χ2v) is 5.64. The highest BCUT2D eigenvalue weighted by atomic mass is 19.3. The van der Waals surface area contributed by atoms with Crippen LogP contribution in [0.15, 0.2) is 54.6 Å². The van der Waals surface area contributed by atoms with Gasteiger partial charge >= 0.3 is 6.61 Å². The van der Waals surface area contributed by atoms with E-state index in [4.69, 9.17) is 0 Å². The van der Waals surface area contributed by atoms with Gasteiger partial charge in [0.05, 0.1) is 19.1 Å². The van der Waals surface area contributed by atoms with Gasteiger partial charge in [-0.05, 0) is 23.3 Å². The molecule has 2 aromatic carbocycles. The van der Waals surface area contributed by atoms with Crippen molar-refractivity contribution in [2.24, 2.45) is 0 Å². The molecule has 0 aromatic heterocycles. The Morgan fingerprint density at radius 1 is 0.926 bits per heavy atom. The molecular weight excluding hydrogens is 356 g/mol. The highest BCUT2D eigenvalue weighted by Crippen LogP contribution is 2.24. The zero-order chi connectivity index (χ0) is 19.6. The minimum Gasteiger partial charge on any atom is -0.435 e. The van der Waals surface area contributed by atoms with Crippen LogP contribution in [-0.2, 0) is 9.59 Å². The number of amides is 2. The maximum Gasteiger partial charge on any atom is 0.387 e. The van der Waals surface area contributed by atoms with Crippen LogP contribution in [0.3, 0.4) is 0 Å². The van der Waals surface area contributed by atoms with Crippen molar-refractivity contribution >= 4 is 11.8 Å². The molecule has 2 rings (SSSR count). The number of ether oxygens (including phenoxy) is 1. The molecular formula is C19H21F2N3O3. The Balaban J connectivity index is 2.10. The minimum atomic E-state index is -2.90. The first-order valence-electron chi connectivity index (χ1n) is 8.30. The Morgan fingerprint density at radius 2 is 1.52 bits per heavy atom. The van der Waals surface area contributed by atoms with E-state index in [0.29, 0.717) is 5.56 Å². The molecule has 0 aliphatic rings. The quantitative estimate of drug-likeness (QED) is 0.623. The summed E-state index contributed by atoms with van der Waals surface area (Å²) < 4.78 is 29.0. The Labute approximate surface area is 155 Å². The molecule has 8 heteroatoms. The predicted molar refractivity (Wildman–Crippen MR) is 96.4 cm³/mol. The number of alkyl halides is 2. The van der Waals surface area contributed by atoms with Gasteiger partial charge < -0.3 is 15.4 Å². The number of hydrogen-bond donors (Lipinski definition) is 3. The number of hydrogen-bond acceptors (Lipinski definition) is 4. The van der Waals surface area contributed by atoms with E-state index in [1.54, 1.807) is 12.1 Å². The lowest BCUT2D eigenvalue weighted by molar-refractivity contribution is -0.121. The average molecular weight is 377 g/mol. The summed E-state index contributed by atoms with van der Waals surface area (Å²) >= 11 is 0. The molecule has 2 aromatic rings. The van der Waals surface area contributed by atoms with Crippen molar-refractivity contribution in [2.45, 2.75) is 12.7 Å². The maximum atomic E-state index is 12.3. The van der Waals surface area contributed by atoms with Crippen LogP contribution < -0.4 is 20.7 Å². The number of carbonyl (C=O) groups excluding carboxylic acids is 2. The molecule has 6 nitrogen and oxygen atoms in total. The maximum absolute atomic E-state index is 12.3. The van der Waals surface area contributed by atoms with Gasteiger partial charge in [0, 0.05) is 7.05 Å². The van der Waals surface area contributed by atoms with E-state index in [1.165, 1.54) is 19.2 Å². The first-order chi connectivity index (χ1) is 13.0. The topological polar surface area (TPSA) is 79.5 Å². The van der Waals surface area contributed by atoms with Gasteiger partial charge in [-0.15, -0.1) is 0 Å². The Bertz CT molecular complexity index is 740. The molecule has 144 valence electrons. The Hall–Kier alpha value is -3.00. The van der Waals surface area contributed by atoms with E-state index < -0.39 is 12.7 Å². The molecule has 0 spiro atoms. The molecule has 0 bridgehead atoms. The van der Waals surface area contributed by atoms with Gasteiger partial charge in [0.2, 0.25) is 11.8 Å². The fraction of sp³-hybridized carbons (Fsp3) is 0.263. The van der Waals surface area contributed by atoms with Crippen molar-refractivity contribution in [2.75, 3.05) is 20.1 Å². The van der Waals surface area contributed by atoms with E-state index in [9.17, 15) is 18.4 Å². The van der Waals surface area contributed by atoms with E-state index in [0.717, 1.165) is 5.56 Å². The smallest absolute Gasteiger partial charge is 0.387 e. The minimum absolute atomic E-state index is 0.0274. The van der Waals surface area contributed by atoms with Gasteiger partial charge in [-0.1, -0.05) is 42.5 Å². The Kier molecular flexibility index (Phi) is 7.69. The molecule has 0 saturated heterocycles. The Morgan fingerprint density at radius 3 is 2.11 bits per heavy atom. The van der Waals surface area contributed by atoms with Crippen molar-refractivity contribution in [1.82, 2.24) is 16.0 Å². The fourth-order valence-corrected chi connectivity index (χ4v) is 2.44. The van der Waals surface area contributed by atoms with Crippen LogP contribution in [0.25, 0.3) is 0 Å². The second-order valence-electron chi connectivity index (χ2n) is 5.64. The molecule has 3 N–H and O–H groups in total. The largest absolute Gasteiger partial charge is 0.435 e. The lowest BCUT2D eigenvalue weighted by Gasteiger charge is -2.20. The van der Waals surface area contributed by atoms with Gasteiger partial charge in [0.1, 0.15) is 5.75 Å². The van der Waals surface area contributed by atoms with Crippen molar-refractivity contribution in [3.05, 3.63) is 65.7 Å². The molecule has 0 aliphatic heterocycles. The van der Waals surface area contributed by atoms with E-state index in [-0.39, 0.29) is 30.7 Å². The first kappa shape index (κ1) is 20.3. The summed E-state index contributed by atoms with van der Waals surface area (Å²) in [7, 11) is 1.51. The highest BCUT2D eigenvalue weighted by molar-refractivity contribution is 5.81. The number of halogens is 2. The zero-order valence-corrected chi connectivity index (χ0v) is 14.7. The monoisotopic (exact) mass is 377 g/mol. The summed E-state index contributed by atoms with van der Waals surface area (Å²) in [6, 6.07) is 14.9. The second kappa shape index (κ2) is 10.2. The zero-order valence-electron chi connectivity index (χ0n) is 14.7. The van der Waals surface area contributed by atoms with E-state index in [1.807, 2.05) is 30.3 Å². The molecule has 27 heavy (non-hydrogen) atoms. The van der Waals surface area contributed by atoms with E-state index in [2.05, 4.69) is 20.7 Å². The molecule has 1 atom stereocenters. The van der Waals surface area contributed by atoms with Gasteiger partial charge in [-0.25, -0.2) is 0 Å². The number of rotatable bonds is 9. The molecule has 0 heterocycles. The summed E-state index contributed by atoms with van der Waals surface area (Å²) in [5, 5.41) is 8.08. The van der Waals surface area contributed by atoms with Crippen molar-refractivity contribution in [3.8, 4) is 5.75 Å². The molecule has 0 unspecified atom stereocenters. The third-order valence-electron chi connectivity index (χ3n) is 3.73.